The van der Waals surface area contributed by atoms with E-state index in [1.807, 2.05) is 18.2 Å². The van der Waals surface area contributed by atoms with Crippen molar-refractivity contribution in [3.05, 3.63) is 71.4 Å². The van der Waals surface area contributed by atoms with Crippen molar-refractivity contribution in [2.45, 2.75) is 0 Å². The zero-order valence-corrected chi connectivity index (χ0v) is 10.8. The molecule has 0 saturated heterocycles. The summed E-state index contributed by atoms with van der Waals surface area (Å²) in [5.41, 5.74) is 1.10. The van der Waals surface area contributed by atoms with Crippen LogP contribution < -0.4 is 4.72 Å². The molecule has 0 spiro atoms. The van der Waals surface area contributed by atoms with Gasteiger partial charge in [0.05, 0.1) is 5.41 Å². The minimum absolute atomic E-state index is 0.319. The molecule has 2 aromatic carbocycles. The molecule has 0 amide bonds. The molecular formula is C14H12FNO2S. The van der Waals surface area contributed by atoms with Gasteiger partial charge in [-0.05, 0) is 35.9 Å². The number of sulfonamides is 1. The number of hydrogen-bond acceptors (Lipinski definition) is 2. The van der Waals surface area contributed by atoms with Crippen LogP contribution in [0.4, 0.5) is 10.1 Å². The van der Waals surface area contributed by atoms with E-state index in [0.29, 0.717) is 5.69 Å². The number of anilines is 1. The van der Waals surface area contributed by atoms with Gasteiger partial charge in [0.25, 0.3) is 10.0 Å². The summed E-state index contributed by atoms with van der Waals surface area (Å²) >= 11 is 0. The summed E-state index contributed by atoms with van der Waals surface area (Å²) in [4.78, 5) is 0. The summed E-state index contributed by atoms with van der Waals surface area (Å²) in [6.07, 6.45) is 1.49. The van der Waals surface area contributed by atoms with Gasteiger partial charge in [-0.15, -0.1) is 0 Å². The molecule has 0 fully saturated rings. The van der Waals surface area contributed by atoms with E-state index >= 15 is 0 Å². The number of rotatable bonds is 4. The molecule has 0 bridgehead atoms. The fourth-order valence-electron chi connectivity index (χ4n) is 1.45. The average molecular weight is 277 g/mol. The Morgan fingerprint density at radius 2 is 1.58 bits per heavy atom. The summed E-state index contributed by atoms with van der Waals surface area (Å²) in [5, 5.41) is 1.08. The van der Waals surface area contributed by atoms with E-state index < -0.39 is 15.8 Å². The van der Waals surface area contributed by atoms with E-state index in [2.05, 4.69) is 4.72 Å². The Bertz CT molecular complexity index is 664. The normalized spacial score (nSPS) is 11.6. The molecule has 19 heavy (non-hydrogen) atoms. The van der Waals surface area contributed by atoms with Crippen molar-refractivity contribution in [2.75, 3.05) is 4.72 Å². The quantitative estimate of drug-likeness (QED) is 0.932. The largest absolute Gasteiger partial charge is 0.280 e. The van der Waals surface area contributed by atoms with Gasteiger partial charge in [-0.3, -0.25) is 4.72 Å². The first kappa shape index (κ1) is 13.3. The molecule has 0 aliphatic carbocycles. The highest BCUT2D eigenvalue weighted by Crippen LogP contribution is 2.12. The van der Waals surface area contributed by atoms with E-state index in [0.717, 1.165) is 11.0 Å². The molecule has 0 radical (unpaired) electrons. The lowest BCUT2D eigenvalue weighted by molar-refractivity contribution is 0.609. The zero-order chi connectivity index (χ0) is 13.7. The van der Waals surface area contributed by atoms with Crippen LogP contribution in [-0.2, 0) is 10.0 Å². The van der Waals surface area contributed by atoms with Crippen LogP contribution in [-0.4, -0.2) is 8.42 Å². The molecule has 0 saturated carbocycles. The second-order valence-corrected chi connectivity index (χ2v) is 5.43. The molecule has 0 aliphatic heterocycles. The van der Waals surface area contributed by atoms with Crippen LogP contribution >= 0.6 is 0 Å². The number of nitrogens with one attached hydrogen (secondary N) is 1. The molecule has 2 rings (SSSR count). The molecular weight excluding hydrogens is 265 g/mol. The molecule has 0 aliphatic rings. The highest BCUT2D eigenvalue weighted by Gasteiger charge is 2.05. The van der Waals surface area contributed by atoms with Crippen molar-refractivity contribution in [2.24, 2.45) is 0 Å². The van der Waals surface area contributed by atoms with E-state index in [4.69, 9.17) is 0 Å². The lowest BCUT2D eigenvalue weighted by Crippen LogP contribution is -2.08. The third-order valence-corrected chi connectivity index (χ3v) is 3.36. The SMILES string of the molecule is O=S(=O)(C=Cc1ccccc1)Nc1ccc(F)cc1. The molecule has 2 aromatic rings. The highest BCUT2D eigenvalue weighted by molar-refractivity contribution is 7.95. The fraction of sp³-hybridized carbons (Fsp3) is 0. The predicted octanol–water partition coefficient (Wildman–Crippen LogP) is 3.24. The van der Waals surface area contributed by atoms with Crippen LogP contribution in [0.25, 0.3) is 6.08 Å². The summed E-state index contributed by atoms with van der Waals surface area (Å²) in [7, 11) is -3.60. The Morgan fingerprint density at radius 3 is 2.21 bits per heavy atom. The van der Waals surface area contributed by atoms with E-state index in [1.165, 1.54) is 30.3 Å². The Kier molecular flexibility index (Phi) is 3.97. The first-order chi connectivity index (χ1) is 9.05. The molecule has 1 N–H and O–H groups in total. The standard InChI is InChI=1S/C14H12FNO2S/c15-13-6-8-14(9-7-13)16-19(17,18)11-10-12-4-2-1-3-5-12/h1-11,16H. The van der Waals surface area contributed by atoms with Gasteiger partial charge < -0.3 is 0 Å². The minimum Gasteiger partial charge on any atom is -0.280 e. The molecule has 5 heteroatoms. The van der Waals surface area contributed by atoms with Gasteiger partial charge in [0.2, 0.25) is 0 Å². The third kappa shape index (κ3) is 4.22. The van der Waals surface area contributed by atoms with Crippen LogP contribution in [0.2, 0.25) is 0 Å². The van der Waals surface area contributed by atoms with Gasteiger partial charge >= 0.3 is 0 Å². The minimum atomic E-state index is -3.60. The number of benzene rings is 2. The van der Waals surface area contributed by atoms with Gasteiger partial charge in [0, 0.05) is 5.69 Å². The van der Waals surface area contributed by atoms with Crippen molar-refractivity contribution < 1.29 is 12.8 Å². The Morgan fingerprint density at radius 1 is 0.947 bits per heavy atom. The van der Waals surface area contributed by atoms with Crippen LogP contribution in [0, 0.1) is 5.82 Å². The summed E-state index contributed by atoms with van der Waals surface area (Å²) in [5.74, 6) is -0.414. The number of hydrogen-bond donors (Lipinski definition) is 1. The molecule has 3 nitrogen and oxygen atoms in total. The van der Waals surface area contributed by atoms with Gasteiger partial charge in [0.15, 0.2) is 0 Å². The van der Waals surface area contributed by atoms with Gasteiger partial charge in [-0.25, -0.2) is 12.8 Å². The van der Waals surface area contributed by atoms with Gasteiger partial charge in [-0.2, -0.15) is 0 Å². The van der Waals surface area contributed by atoms with Crippen molar-refractivity contribution in [1.29, 1.82) is 0 Å². The first-order valence-electron chi connectivity index (χ1n) is 5.57. The Hall–Kier alpha value is -2.14. The Labute approximate surface area is 111 Å². The maximum Gasteiger partial charge on any atom is 0.255 e. The van der Waals surface area contributed by atoms with E-state index in [1.54, 1.807) is 12.1 Å². The summed E-state index contributed by atoms with van der Waals surface area (Å²) < 4.78 is 38.6. The van der Waals surface area contributed by atoms with Crippen molar-refractivity contribution in [1.82, 2.24) is 0 Å². The van der Waals surface area contributed by atoms with Crippen molar-refractivity contribution in [3.8, 4) is 0 Å². The second-order valence-electron chi connectivity index (χ2n) is 3.87. The monoisotopic (exact) mass is 277 g/mol. The smallest absolute Gasteiger partial charge is 0.255 e. The van der Waals surface area contributed by atoms with Gasteiger partial charge in [0.1, 0.15) is 5.82 Å². The van der Waals surface area contributed by atoms with Crippen LogP contribution in [0.15, 0.2) is 60.0 Å². The predicted molar refractivity (Wildman–Crippen MR) is 74.4 cm³/mol. The molecule has 0 heterocycles. The molecule has 0 aromatic heterocycles. The Balaban J connectivity index is 2.11. The van der Waals surface area contributed by atoms with Crippen LogP contribution in [0.1, 0.15) is 5.56 Å². The first-order valence-corrected chi connectivity index (χ1v) is 7.11. The zero-order valence-electron chi connectivity index (χ0n) is 9.95. The van der Waals surface area contributed by atoms with Crippen LogP contribution in [0.3, 0.4) is 0 Å². The third-order valence-electron chi connectivity index (χ3n) is 2.34. The molecule has 0 unspecified atom stereocenters. The second kappa shape index (κ2) is 5.67. The highest BCUT2D eigenvalue weighted by atomic mass is 32.2. The van der Waals surface area contributed by atoms with E-state index in [9.17, 15) is 12.8 Å². The van der Waals surface area contributed by atoms with E-state index in [-0.39, 0.29) is 0 Å². The molecule has 98 valence electrons. The maximum atomic E-state index is 12.7. The van der Waals surface area contributed by atoms with Crippen molar-refractivity contribution >= 4 is 21.8 Å². The van der Waals surface area contributed by atoms with Gasteiger partial charge in [-0.1, -0.05) is 30.3 Å². The molecule has 0 atom stereocenters. The summed E-state index contributed by atoms with van der Waals surface area (Å²) in [6, 6.07) is 14.2. The van der Waals surface area contributed by atoms with Crippen LogP contribution in [0.5, 0.6) is 0 Å². The topological polar surface area (TPSA) is 46.2 Å². The average Bonchev–Trinajstić information content (AvgIpc) is 2.40. The lowest BCUT2D eigenvalue weighted by Gasteiger charge is -2.03. The fourth-order valence-corrected chi connectivity index (χ4v) is 2.32. The van der Waals surface area contributed by atoms with Crippen molar-refractivity contribution in [3.63, 3.8) is 0 Å². The number of halogens is 1. The maximum absolute atomic E-state index is 12.7. The summed E-state index contributed by atoms with van der Waals surface area (Å²) in [6.45, 7) is 0. The lowest BCUT2D eigenvalue weighted by atomic mass is 10.2.